The predicted octanol–water partition coefficient (Wildman–Crippen LogP) is 3.25. The maximum Gasteiger partial charge on any atom is 0.303 e. The van der Waals surface area contributed by atoms with E-state index < -0.39 is 5.97 Å². The third-order valence-electron chi connectivity index (χ3n) is 2.64. The van der Waals surface area contributed by atoms with Crippen molar-refractivity contribution in [1.29, 1.82) is 0 Å². The van der Waals surface area contributed by atoms with E-state index >= 15 is 0 Å². The number of unbranched alkanes of at least 4 members (excludes halogenated alkanes) is 1. The largest absolute Gasteiger partial charge is 0.481 e. The van der Waals surface area contributed by atoms with Gasteiger partial charge in [-0.15, -0.1) is 0 Å². The average molecular weight is 256 g/mol. The van der Waals surface area contributed by atoms with Gasteiger partial charge in [0.05, 0.1) is 0 Å². The van der Waals surface area contributed by atoms with Crippen molar-refractivity contribution in [1.82, 2.24) is 5.32 Å². The topological polar surface area (TPSA) is 49.3 Å². The maximum atomic E-state index is 10.3. The van der Waals surface area contributed by atoms with E-state index in [1.807, 2.05) is 24.3 Å². The maximum absolute atomic E-state index is 10.3. The van der Waals surface area contributed by atoms with E-state index in [9.17, 15) is 4.79 Å². The number of carbonyl (C=O) groups is 1. The lowest BCUT2D eigenvalue weighted by Gasteiger charge is -2.14. The molecule has 2 N–H and O–H groups in total. The zero-order valence-corrected chi connectivity index (χ0v) is 10.7. The Morgan fingerprint density at radius 3 is 2.59 bits per heavy atom. The van der Waals surface area contributed by atoms with Crippen molar-refractivity contribution < 1.29 is 9.90 Å². The molecule has 1 aromatic carbocycles. The van der Waals surface area contributed by atoms with Crippen LogP contribution in [-0.2, 0) is 4.79 Å². The Hall–Kier alpha value is -1.06. The molecule has 0 heterocycles. The lowest BCUT2D eigenvalue weighted by Crippen LogP contribution is -2.19. The number of halogens is 1. The van der Waals surface area contributed by atoms with Crippen LogP contribution in [0.4, 0.5) is 0 Å². The molecule has 0 spiro atoms. The zero-order valence-electron chi connectivity index (χ0n) is 9.95. The smallest absolute Gasteiger partial charge is 0.303 e. The molecule has 0 aliphatic heterocycles. The Morgan fingerprint density at radius 1 is 1.35 bits per heavy atom. The van der Waals surface area contributed by atoms with Crippen molar-refractivity contribution in [3.05, 3.63) is 34.9 Å². The van der Waals surface area contributed by atoms with Crippen LogP contribution < -0.4 is 5.32 Å². The van der Waals surface area contributed by atoms with Gasteiger partial charge in [0.2, 0.25) is 0 Å². The Labute approximate surface area is 107 Å². The van der Waals surface area contributed by atoms with Crippen LogP contribution in [0.2, 0.25) is 5.02 Å². The molecule has 3 nitrogen and oxygen atoms in total. The van der Waals surface area contributed by atoms with Crippen LogP contribution in [0.15, 0.2) is 24.3 Å². The van der Waals surface area contributed by atoms with Gasteiger partial charge in [0.25, 0.3) is 0 Å². The molecular weight excluding hydrogens is 238 g/mol. The molecule has 0 saturated carbocycles. The third-order valence-corrected chi connectivity index (χ3v) is 2.89. The van der Waals surface area contributed by atoms with Crippen molar-refractivity contribution in [3.63, 3.8) is 0 Å². The molecule has 1 unspecified atom stereocenters. The summed E-state index contributed by atoms with van der Waals surface area (Å²) in [4.78, 5) is 10.3. The lowest BCUT2D eigenvalue weighted by atomic mass is 10.1. The first-order valence-corrected chi connectivity index (χ1v) is 6.18. The fourth-order valence-electron chi connectivity index (χ4n) is 1.59. The molecule has 17 heavy (non-hydrogen) atoms. The van der Waals surface area contributed by atoms with Gasteiger partial charge >= 0.3 is 5.97 Å². The quantitative estimate of drug-likeness (QED) is 0.736. The molecule has 1 atom stereocenters. The van der Waals surface area contributed by atoms with Gasteiger partial charge in [-0.05, 0) is 44.0 Å². The number of nitrogens with one attached hydrogen (secondary N) is 1. The molecule has 0 aliphatic rings. The number of carboxylic acids is 1. The van der Waals surface area contributed by atoms with E-state index in [0.29, 0.717) is 0 Å². The molecule has 0 saturated heterocycles. The monoisotopic (exact) mass is 255 g/mol. The number of hydrogen-bond donors (Lipinski definition) is 2. The molecule has 0 aliphatic carbocycles. The fourth-order valence-corrected chi connectivity index (χ4v) is 1.72. The van der Waals surface area contributed by atoms with E-state index in [2.05, 4.69) is 12.2 Å². The second-order valence-corrected chi connectivity index (χ2v) is 4.51. The van der Waals surface area contributed by atoms with Gasteiger partial charge < -0.3 is 10.4 Å². The highest BCUT2D eigenvalue weighted by molar-refractivity contribution is 6.30. The number of rotatable bonds is 7. The van der Waals surface area contributed by atoms with Crippen LogP contribution >= 0.6 is 11.6 Å². The van der Waals surface area contributed by atoms with Crippen molar-refractivity contribution >= 4 is 17.6 Å². The molecule has 0 amide bonds. The number of aliphatic carboxylic acids is 1. The summed E-state index contributed by atoms with van der Waals surface area (Å²) in [5.41, 5.74) is 1.19. The summed E-state index contributed by atoms with van der Waals surface area (Å²) in [6.07, 6.45) is 1.84. The summed E-state index contributed by atoms with van der Waals surface area (Å²) in [7, 11) is 0. The van der Waals surface area contributed by atoms with Crippen molar-refractivity contribution in [2.75, 3.05) is 6.54 Å². The van der Waals surface area contributed by atoms with Gasteiger partial charge in [0.15, 0.2) is 0 Å². The van der Waals surface area contributed by atoms with E-state index in [1.165, 1.54) is 5.56 Å². The van der Waals surface area contributed by atoms with Crippen molar-refractivity contribution in [2.45, 2.75) is 32.2 Å². The molecule has 1 aromatic rings. The molecular formula is C13H18ClNO2. The fraction of sp³-hybridized carbons (Fsp3) is 0.462. The number of carboxylic acid groups (broad SMARTS) is 1. The molecule has 0 bridgehead atoms. The average Bonchev–Trinajstić information content (AvgIpc) is 2.29. The summed E-state index contributed by atoms with van der Waals surface area (Å²) < 4.78 is 0. The molecule has 4 heteroatoms. The second-order valence-electron chi connectivity index (χ2n) is 4.08. The number of benzene rings is 1. The van der Waals surface area contributed by atoms with Crippen LogP contribution in [0.1, 0.15) is 37.8 Å². The normalized spacial score (nSPS) is 12.4. The van der Waals surface area contributed by atoms with Gasteiger partial charge in [-0.2, -0.15) is 0 Å². The highest BCUT2D eigenvalue weighted by atomic mass is 35.5. The third kappa shape index (κ3) is 5.71. The van der Waals surface area contributed by atoms with E-state index in [-0.39, 0.29) is 12.5 Å². The van der Waals surface area contributed by atoms with E-state index in [4.69, 9.17) is 16.7 Å². The minimum absolute atomic E-state index is 0.247. The molecule has 94 valence electrons. The summed E-state index contributed by atoms with van der Waals surface area (Å²) in [5, 5.41) is 12.6. The van der Waals surface area contributed by atoms with Crippen molar-refractivity contribution in [3.8, 4) is 0 Å². The lowest BCUT2D eigenvalue weighted by molar-refractivity contribution is -0.137. The summed E-state index contributed by atoms with van der Waals surface area (Å²) >= 11 is 5.82. The summed E-state index contributed by atoms with van der Waals surface area (Å²) in [6.45, 7) is 2.91. The van der Waals surface area contributed by atoms with Crippen LogP contribution in [0.3, 0.4) is 0 Å². The second kappa shape index (κ2) is 7.30. The van der Waals surface area contributed by atoms with Gasteiger partial charge in [-0.25, -0.2) is 0 Å². The Balaban J connectivity index is 2.23. The Bertz CT molecular complexity index is 351. The van der Waals surface area contributed by atoms with Crippen molar-refractivity contribution in [2.24, 2.45) is 0 Å². The van der Waals surface area contributed by atoms with E-state index in [0.717, 1.165) is 24.4 Å². The van der Waals surface area contributed by atoms with Gasteiger partial charge in [0, 0.05) is 17.5 Å². The number of hydrogen-bond acceptors (Lipinski definition) is 2. The Kier molecular flexibility index (Phi) is 6.01. The van der Waals surface area contributed by atoms with Crippen LogP contribution in [0.25, 0.3) is 0 Å². The summed E-state index contributed by atoms with van der Waals surface area (Å²) in [6, 6.07) is 8.00. The molecule has 0 fully saturated rings. The standard InChI is InChI=1S/C13H18ClNO2/c1-10(11-5-7-12(14)8-6-11)15-9-3-2-4-13(16)17/h5-8,10,15H,2-4,9H2,1H3,(H,16,17). The van der Waals surface area contributed by atoms with Crippen LogP contribution in [0, 0.1) is 0 Å². The van der Waals surface area contributed by atoms with E-state index in [1.54, 1.807) is 0 Å². The first-order chi connectivity index (χ1) is 8.09. The first-order valence-electron chi connectivity index (χ1n) is 5.80. The summed E-state index contributed by atoms with van der Waals surface area (Å²) in [5.74, 6) is -0.726. The van der Waals surface area contributed by atoms with Crippen LogP contribution in [-0.4, -0.2) is 17.6 Å². The van der Waals surface area contributed by atoms with Crippen LogP contribution in [0.5, 0.6) is 0 Å². The molecule has 0 aromatic heterocycles. The highest BCUT2D eigenvalue weighted by Gasteiger charge is 2.04. The molecule has 1 rings (SSSR count). The minimum Gasteiger partial charge on any atom is -0.481 e. The minimum atomic E-state index is -0.726. The Morgan fingerprint density at radius 2 is 2.00 bits per heavy atom. The molecule has 0 radical (unpaired) electrons. The van der Waals surface area contributed by atoms with Gasteiger partial charge in [-0.3, -0.25) is 4.79 Å². The SMILES string of the molecule is CC(NCCCCC(=O)O)c1ccc(Cl)cc1. The first kappa shape index (κ1) is 14.0. The zero-order chi connectivity index (χ0) is 12.7. The van der Waals surface area contributed by atoms with Gasteiger partial charge in [0.1, 0.15) is 0 Å². The highest BCUT2D eigenvalue weighted by Crippen LogP contribution is 2.15. The van der Waals surface area contributed by atoms with Gasteiger partial charge in [-0.1, -0.05) is 23.7 Å². The predicted molar refractivity (Wildman–Crippen MR) is 69.4 cm³/mol.